The van der Waals surface area contributed by atoms with Crippen LogP contribution in [0.1, 0.15) is 5.56 Å². The Balaban J connectivity index is 1.48. The van der Waals surface area contributed by atoms with Crippen molar-refractivity contribution >= 4 is 16.9 Å². The average molecular weight is 432 g/mol. The Morgan fingerprint density at radius 2 is 1.41 bits per heavy atom. The molecule has 0 bridgehead atoms. The molecule has 0 fully saturated rings. The van der Waals surface area contributed by atoms with Crippen molar-refractivity contribution in [3.05, 3.63) is 88.8 Å². The number of ether oxygens (including phenoxy) is 4. The van der Waals surface area contributed by atoms with E-state index in [1.807, 2.05) is 0 Å². The molecule has 1 heterocycles. The first-order valence-corrected chi connectivity index (χ1v) is 9.77. The van der Waals surface area contributed by atoms with Crippen LogP contribution in [0.15, 0.2) is 82.2 Å². The Morgan fingerprint density at radius 1 is 0.812 bits per heavy atom. The number of esters is 1. The van der Waals surface area contributed by atoms with Crippen molar-refractivity contribution < 1.29 is 28.2 Å². The molecule has 0 saturated carbocycles. The van der Waals surface area contributed by atoms with E-state index in [1.165, 1.54) is 18.4 Å². The third kappa shape index (κ3) is 4.73. The monoisotopic (exact) mass is 432 g/mol. The van der Waals surface area contributed by atoms with Crippen LogP contribution in [0, 0.1) is 0 Å². The lowest BCUT2D eigenvalue weighted by atomic mass is 10.1. The quantitative estimate of drug-likeness (QED) is 0.308. The summed E-state index contributed by atoms with van der Waals surface area (Å²) in [4.78, 5) is 25.0. The molecular formula is C25H20O7. The third-order valence-corrected chi connectivity index (χ3v) is 4.74. The number of hydrogen-bond acceptors (Lipinski definition) is 7. The molecule has 4 rings (SSSR count). The van der Waals surface area contributed by atoms with Crippen molar-refractivity contribution in [3.8, 4) is 28.7 Å². The number of carbonyl (C=O) groups excluding carboxylic acids is 1. The van der Waals surface area contributed by atoms with Crippen molar-refractivity contribution in [3.63, 3.8) is 0 Å². The zero-order chi connectivity index (χ0) is 22.5. The van der Waals surface area contributed by atoms with Crippen molar-refractivity contribution in [2.24, 2.45) is 0 Å². The van der Waals surface area contributed by atoms with E-state index < -0.39 is 5.97 Å². The van der Waals surface area contributed by atoms with Crippen LogP contribution < -0.4 is 24.4 Å². The van der Waals surface area contributed by atoms with Gasteiger partial charge in [-0.1, -0.05) is 12.1 Å². The molecule has 32 heavy (non-hydrogen) atoms. The lowest BCUT2D eigenvalue weighted by molar-refractivity contribution is -0.133. The van der Waals surface area contributed by atoms with Gasteiger partial charge in [-0.3, -0.25) is 9.59 Å². The van der Waals surface area contributed by atoms with E-state index in [9.17, 15) is 9.59 Å². The number of hydrogen-bond donors (Lipinski definition) is 0. The molecular weight excluding hydrogens is 412 g/mol. The second kappa shape index (κ2) is 9.26. The maximum absolute atomic E-state index is 12.8. The van der Waals surface area contributed by atoms with Gasteiger partial charge in [0.2, 0.25) is 11.2 Å². The lowest BCUT2D eigenvalue weighted by Gasteiger charge is -2.08. The van der Waals surface area contributed by atoms with E-state index in [2.05, 4.69) is 0 Å². The maximum Gasteiger partial charge on any atom is 0.315 e. The summed E-state index contributed by atoms with van der Waals surface area (Å²) in [5.41, 5.74) is 0.744. The minimum Gasteiger partial charge on any atom is -0.497 e. The van der Waals surface area contributed by atoms with Gasteiger partial charge < -0.3 is 23.4 Å². The molecule has 0 unspecified atom stereocenters. The summed E-state index contributed by atoms with van der Waals surface area (Å²) in [5, 5.41) is 0.311. The SMILES string of the molecule is COc1ccc(CC(=O)Oc2ccc3c(=O)c(Oc4ccc(OC)cc4)coc3c2)cc1. The molecule has 0 aliphatic rings. The van der Waals surface area contributed by atoms with E-state index in [-0.39, 0.29) is 28.9 Å². The molecule has 0 N–H and O–H groups in total. The molecule has 0 aliphatic carbocycles. The molecule has 0 spiro atoms. The first-order valence-electron chi connectivity index (χ1n) is 9.77. The van der Waals surface area contributed by atoms with Gasteiger partial charge in [-0.05, 0) is 54.1 Å². The summed E-state index contributed by atoms with van der Waals surface area (Å²) in [6.45, 7) is 0. The Hall–Kier alpha value is -4.26. The molecule has 7 heteroatoms. The number of rotatable bonds is 7. The minimum absolute atomic E-state index is 0.0481. The molecule has 0 amide bonds. The molecule has 3 aromatic carbocycles. The first-order chi connectivity index (χ1) is 15.6. The standard InChI is InChI=1S/C25H20O7/c1-28-17-5-3-16(4-6-17)13-24(26)32-20-11-12-21-22(14-20)30-15-23(25(21)27)31-19-9-7-18(29-2)8-10-19/h3-12,14-15H,13H2,1-2H3. The molecule has 162 valence electrons. The van der Waals surface area contributed by atoms with Crippen LogP contribution in [-0.2, 0) is 11.2 Å². The van der Waals surface area contributed by atoms with Gasteiger partial charge in [0.25, 0.3) is 0 Å². The van der Waals surface area contributed by atoms with Gasteiger partial charge in [-0.25, -0.2) is 0 Å². The van der Waals surface area contributed by atoms with E-state index in [0.717, 1.165) is 5.56 Å². The molecule has 0 radical (unpaired) electrons. The van der Waals surface area contributed by atoms with E-state index in [4.69, 9.17) is 23.4 Å². The highest BCUT2D eigenvalue weighted by molar-refractivity contribution is 5.81. The van der Waals surface area contributed by atoms with Crippen molar-refractivity contribution in [1.29, 1.82) is 0 Å². The zero-order valence-electron chi connectivity index (χ0n) is 17.5. The molecule has 0 aliphatic heterocycles. The summed E-state index contributed by atoms with van der Waals surface area (Å²) in [7, 11) is 3.15. The summed E-state index contributed by atoms with van der Waals surface area (Å²) in [6, 6.07) is 18.6. The highest BCUT2D eigenvalue weighted by atomic mass is 16.5. The molecule has 4 aromatic rings. The van der Waals surface area contributed by atoms with E-state index in [1.54, 1.807) is 68.8 Å². The van der Waals surface area contributed by atoms with Crippen LogP contribution in [0.3, 0.4) is 0 Å². The Kier molecular flexibility index (Phi) is 6.07. The molecule has 7 nitrogen and oxygen atoms in total. The predicted molar refractivity (Wildman–Crippen MR) is 118 cm³/mol. The largest absolute Gasteiger partial charge is 0.497 e. The Labute approximate surface area is 183 Å². The van der Waals surface area contributed by atoms with Gasteiger partial charge in [0.05, 0.1) is 26.0 Å². The number of fused-ring (bicyclic) bond motifs is 1. The van der Waals surface area contributed by atoms with Gasteiger partial charge >= 0.3 is 5.97 Å². The number of methoxy groups -OCH3 is 2. The van der Waals surface area contributed by atoms with Gasteiger partial charge in [0.15, 0.2) is 0 Å². The number of carbonyl (C=O) groups is 1. The van der Waals surface area contributed by atoms with Crippen LogP contribution >= 0.6 is 0 Å². The normalized spacial score (nSPS) is 10.6. The van der Waals surface area contributed by atoms with Crippen LogP contribution in [-0.4, -0.2) is 20.2 Å². The highest BCUT2D eigenvalue weighted by Crippen LogP contribution is 2.25. The van der Waals surface area contributed by atoms with Gasteiger partial charge in [-0.2, -0.15) is 0 Å². The van der Waals surface area contributed by atoms with Crippen LogP contribution in [0.2, 0.25) is 0 Å². The second-order valence-electron chi connectivity index (χ2n) is 6.86. The Bertz CT molecular complexity index is 1290. The molecule has 0 saturated heterocycles. The van der Waals surface area contributed by atoms with Crippen molar-refractivity contribution in [2.75, 3.05) is 14.2 Å². The van der Waals surface area contributed by atoms with Crippen molar-refractivity contribution in [1.82, 2.24) is 0 Å². The summed E-state index contributed by atoms with van der Waals surface area (Å²) in [6.07, 6.45) is 1.33. The maximum atomic E-state index is 12.8. The lowest BCUT2D eigenvalue weighted by Crippen LogP contribution is -2.11. The van der Waals surface area contributed by atoms with Gasteiger partial charge in [0.1, 0.15) is 34.8 Å². The smallest absolute Gasteiger partial charge is 0.315 e. The molecule has 0 atom stereocenters. The second-order valence-corrected chi connectivity index (χ2v) is 6.86. The Morgan fingerprint density at radius 3 is 2.06 bits per heavy atom. The first kappa shape index (κ1) is 21.0. The van der Waals surface area contributed by atoms with Crippen LogP contribution in [0.4, 0.5) is 0 Å². The summed E-state index contributed by atoms with van der Waals surface area (Å²) < 4.78 is 26.8. The van der Waals surface area contributed by atoms with E-state index in [0.29, 0.717) is 22.6 Å². The fourth-order valence-electron chi connectivity index (χ4n) is 3.07. The van der Waals surface area contributed by atoms with Gasteiger partial charge in [0, 0.05) is 6.07 Å². The fraction of sp³-hybridized carbons (Fsp3) is 0.120. The van der Waals surface area contributed by atoms with E-state index >= 15 is 0 Å². The van der Waals surface area contributed by atoms with Crippen LogP contribution in [0.25, 0.3) is 11.0 Å². The third-order valence-electron chi connectivity index (χ3n) is 4.74. The zero-order valence-corrected chi connectivity index (χ0v) is 17.5. The highest BCUT2D eigenvalue weighted by Gasteiger charge is 2.12. The number of benzene rings is 3. The summed E-state index contributed by atoms with van der Waals surface area (Å²) >= 11 is 0. The predicted octanol–water partition coefficient (Wildman–Crippen LogP) is 4.75. The summed E-state index contributed by atoms with van der Waals surface area (Å²) in [5.74, 6) is 1.76. The topological polar surface area (TPSA) is 84.2 Å². The fourth-order valence-corrected chi connectivity index (χ4v) is 3.07. The molecule has 1 aromatic heterocycles. The van der Waals surface area contributed by atoms with Crippen molar-refractivity contribution in [2.45, 2.75) is 6.42 Å². The van der Waals surface area contributed by atoms with Crippen LogP contribution in [0.5, 0.6) is 28.7 Å². The van der Waals surface area contributed by atoms with Gasteiger partial charge in [-0.15, -0.1) is 0 Å². The minimum atomic E-state index is -0.434. The average Bonchev–Trinajstić information content (AvgIpc) is 2.82.